The number of ketones is 1. The molecule has 0 aliphatic rings. The van der Waals surface area contributed by atoms with Crippen LogP contribution in [0.2, 0.25) is 0 Å². The monoisotopic (exact) mass is 274 g/mol. The lowest BCUT2D eigenvalue weighted by molar-refractivity contribution is 0.100. The largest absolute Gasteiger partial charge is 0.497 e. The molecule has 0 amide bonds. The molecule has 0 bridgehead atoms. The minimum absolute atomic E-state index is 0.0341. The molecule has 0 spiro atoms. The van der Waals surface area contributed by atoms with Gasteiger partial charge in [-0.15, -0.1) is 0 Å². The number of hydrogen-bond acceptors (Lipinski definition) is 2. The van der Waals surface area contributed by atoms with Crippen LogP contribution in [-0.2, 0) is 0 Å². The third-order valence-electron chi connectivity index (χ3n) is 2.77. The molecule has 0 fully saturated rings. The second kappa shape index (κ2) is 6.10. The molecule has 0 unspecified atom stereocenters. The Hall–Kier alpha value is -2.49. The average Bonchev–Trinajstić information content (AvgIpc) is 2.53. The van der Waals surface area contributed by atoms with Gasteiger partial charge in [0.1, 0.15) is 5.75 Å². The van der Waals surface area contributed by atoms with E-state index in [0.717, 1.165) is 0 Å². The number of carbonyl (C=O) groups excluding carboxylic acids is 1. The summed E-state index contributed by atoms with van der Waals surface area (Å²) in [5, 5.41) is 0. The molecular formula is C16H12F2O2. The normalized spacial score (nSPS) is 11.8. The molecular weight excluding hydrogens is 262 g/mol. The lowest BCUT2D eigenvalue weighted by Crippen LogP contribution is -2.01. The molecule has 102 valence electrons. The fraction of sp³-hybridized carbons (Fsp3) is 0.0625. The topological polar surface area (TPSA) is 26.3 Å². The quantitative estimate of drug-likeness (QED) is 0.617. The number of benzene rings is 2. The first-order chi connectivity index (χ1) is 9.63. The van der Waals surface area contributed by atoms with Crippen LogP contribution < -0.4 is 4.74 Å². The molecule has 0 aliphatic heterocycles. The van der Waals surface area contributed by atoms with Gasteiger partial charge in [-0.25, -0.2) is 4.39 Å². The van der Waals surface area contributed by atoms with Crippen molar-refractivity contribution in [3.8, 4) is 5.75 Å². The molecule has 0 N–H and O–H groups in total. The molecule has 2 aromatic carbocycles. The van der Waals surface area contributed by atoms with E-state index in [9.17, 15) is 13.6 Å². The third kappa shape index (κ3) is 2.91. The van der Waals surface area contributed by atoms with Crippen LogP contribution in [0.1, 0.15) is 15.9 Å². The van der Waals surface area contributed by atoms with E-state index in [0.29, 0.717) is 5.75 Å². The maximum atomic E-state index is 13.9. The zero-order chi connectivity index (χ0) is 14.5. The minimum Gasteiger partial charge on any atom is -0.497 e. The van der Waals surface area contributed by atoms with Crippen molar-refractivity contribution in [2.24, 2.45) is 0 Å². The van der Waals surface area contributed by atoms with Gasteiger partial charge < -0.3 is 4.74 Å². The van der Waals surface area contributed by atoms with Crippen LogP contribution in [0.3, 0.4) is 0 Å². The van der Waals surface area contributed by atoms with Gasteiger partial charge in [0, 0.05) is 11.1 Å². The fourth-order valence-corrected chi connectivity index (χ4v) is 1.68. The van der Waals surface area contributed by atoms with Crippen molar-refractivity contribution in [3.63, 3.8) is 0 Å². The lowest BCUT2D eigenvalue weighted by Gasteiger charge is -2.03. The second-order valence-corrected chi connectivity index (χ2v) is 4.05. The average molecular weight is 274 g/mol. The van der Waals surface area contributed by atoms with Gasteiger partial charge in [0.15, 0.2) is 5.83 Å². The van der Waals surface area contributed by atoms with Gasteiger partial charge in [0.2, 0.25) is 11.6 Å². The molecule has 0 atom stereocenters. The van der Waals surface area contributed by atoms with Gasteiger partial charge in [-0.05, 0) is 24.3 Å². The predicted octanol–water partition coefficient (Wildman–Crippen LogP) is 4.19. The van der Waals surface area contributed by atoms with Crippen molar-refractivity contribution >= 4 is 11.6 Å². The molecule has 2 nitrogen and oxygen atoms in total. The Labute approximate surface area is 115 Å². The molecule has 0 saturated carbocycles. The predicted molar refractivity (Wildman–Crippen MR) is 72.9 cm³/mol. The number of Topliss-reactive ketones (excluding diaryl/α,β-unsaturated/α-hetero) is 1. The number of ether oxygens (including phenoxy) is 1. The van der Waals surface area contributed by atoms with Gasteiger partial charge in [-0.1, -0.05) is 30.3 Å². The molecule has 20 heavy (non-hydrogen) atoms. The van der Waals surface area contributed by atoms with E-state index in [1.807, 2.05) is 0 Å². The molecule has 2 aromatic rings. The number of hydrogen-bond donors (Lipinski definition) is 0. The van der Waals surface area contributed by atoms with Crippen molar-refractivity contribution in [1.82, 2.24) is 0 Å². The Kier molecular flexibility index (Phi) is 4.25. The van der Waals surface area contributed by atoms with E-state index >= 15 is 0 Å². The standard InChI is InChI=1S/C16H12F2O2/c1-20-13-9-7-12(8-10-13)16(19)15(18)14(17)11-5-3-2-4-6-11/h2-10H,1H3. The minimum atomic E-state index is -1.40. The maximum Gasteiger partial charge on any atom is 0.224 e. The van der Waals surface area contributed by atoms with Gasteiger partial charge in [-0.2, -0.15) is 4.39 Å². The zero-order valence-corrected chi connectivity index (χ0v) is 10.8. The number of halogens is 2. The fourth-order valence-electron chi connectivity index (χ4n) is 1.68. The first-order valence-electron chi connectivity index (χ1n) is 5.93. The van der Waals surface area contributed by atoms with E-state index in [4.69, 9.17) is 4.74 Å². The lowest BCUT2D eigenvalue weighted by atomic mass is 10.1. The van der Waals surface area contributed by atoms with E-state index in [1.54, 1.807) is 18.2 Å². The summed E-state index contributed by atoms with van der Waals surface area (Å²) in [6.07, 6.45) is 0. The van der Waals surface area contributed by atoms with Crippen LogP contribution in [0.5, 0.6) is 5.75 Å². The Morgan fingerprint density at radius 2 is 1.50 bits per heavy atom. The number of methoxy groups -OCH3 is 1. The highest BCUT2D eigenvalue weighted by Crippen LogP contribution is 2.24. The summed E-state index contributed by atoms with van der Waals surface area (Å²) in [6, 6.07) is 13.4. The molecule has 4 heteroatoms. The van der Waals surface area contributed by atoms with Crippen molar-refractivity contribution in [2.45, 2.75) is 0 Å². The first kappa shape index (κ1) is 13.9. The summed E-state index contributed by atoms with van der Waals surface area (Å²) in [6.45, 7) is 0. The van der Waals surface area contributed by atoms with Crippen LogP contribution in [0.15, 0.2) is 60.4 Å². The summed E-state index contributed by atoms with van der Waals surface area (Å²) in [5.74, 6) is -3.02. The van der Waals surface area contributed by atoms with Crippen LogP contribution in [-0.4, -0.2) is 12.9 Å². The highest BCUT2D eigenvalue weighted by molar-refractivity contribution is 6.10. The van der Waals surface area contributed by atoms with Gasteiger partial charge in [-0.3, -0.25) is 4.79 Å². The van der Waals surface area contributed by atoms with Crippen molar-refractivity contribution in [1.29, 1.82) is 0 Å². The van der Waals surface area contributed by atoms with Gasteiger partial charge in [0.25, 0.3) is 0 Å². The molecule has 0 aromatic heterocycles. The van der Waals surface area contributed by atoms with Gasteiger partial charge >= 0.3 is 0 Å². The molecule has 0 saturated heterocycles. The number of carbonyl (C=O) groups is 1. The number of allylic oxidation sites excluding steroid dienone is 1. The highest BCUT2D eigenvalue weighted by atomic mass is 19.2. The van der Waals surface area contributed by atoms with E-state index < -0.39 is 17.4 Å². The summed E-state index contributed by atoms with van der Waals surface area (Å²) in [4.78, 5) is 11.8. The smallest absolute Gasteiger partial charge is 0.224 e. The van der Waals surface area contributed by atoms with E-state index in [1.165, 1.54) is 43.5 Å². The Morgan fingerprint density at radius 1 is 0.900 bits per heavy atom. The Morgan fingerprint density at radius 3 is 2.05 bits per heavy atom. The highest BCUT2D eigenvalue weighted by Gasteiger charge is 2.18. The van der Waals surface area contributed by atoms with Crippen molar-refractivity contribution < 1.29 is 18.3 Å². The third-order valence-corrected chi connectivity index (χ3v) is 2.77. The van der Waals surface area contributed by atoms with Crippen molar-refractivity contribution in [3.05, 3.63) is 71.6 Å². The first-order valence-corrected chi connectivity index (χ1v) is 5.93. The zero-order valence-electron chi connectivity index (χ0n) is 10.8. The number of rotatable bonds is 4. The van der Waals surface area contributed by atoms with Crippen LogP contribution >= 0.6 is 0 Å². The SMILES string of the molecule is COc1ccc(C(=O)C(F)=C(F)c2ccccc2)cc1. The molecule has 2 rings (SSSR count). The van der Waals surface area contributed by atoms with Crippen LogP contribution in [0, 0.1) is 0 Å². The van der Waals surface area contributed by atoms with Crippen LogP contribution in [0.4, 0.5) is 8.78 Å². The summed E-state index contributed by atoms with van der Waals surface area (Å²) in [7, 11) is 1.48. The Bertz CT molecular complexity index is 631. The summed E-state index contributed by atoms with van der Waals surface area (Å²) in [5.41, 5.74) is 0.0984. The van der Waals surface area contributed by atoms with Crippen molar-refractivity contribution in [2.75, 3.05) is 7.11 Å². The molecule has 0 radical (unpaired) electrons. The second-order valence-electron chi connectivity index (χ2n) is 4.05. The maximum absolute atomic E-state index is 13.9. The van der Waals surface area contributed by atoms with E-state index in [-0.39, 0.29) is 11.1 Å². The van der Waals surface area contributed by atoms with Gasteiger partial charge in [0.05, 0.1) is 7.11 Å². The van der Waals surface area contributed by atoms with E-state index in [2.05, 4.69) is 0 Å². The molecule has 0 heterocycles. The van der Waals surface area contributed by atoms with Crippen LogP contribution in [0.25, 0.3) is 5.83 Å². The summed E-state index contributed by atoms with van der Waals surface area (Å²) >= 11 is 0. The molecule has 0 aliphatic carbocycles. The summed E-state index contributed by atoms with van der Waals surface area (Å²) < 4.78 is 32.7. The Balaban J connectivity index is 2.31.